The molecule has 110 valence electrons. The van der Waals surface area contributed by atoms with E-state index in [2.05, 4.69) is 30.9 Å². The number of aromatic nitrogens is 1. The Hall–Kier alpha value is -2.38. The molecule has 0 saturated heterocycles. The van der Waals surface area contributed by atoms with Crippen LogP contribution >= 0.6 is 0 Å². The Labute approximate surface area is 116 Å². The zero-order valence-corrected chi connectivity index (χ0v) is 11.7. The molecule has 8 nitrogen and oxygen atoms in total. The lowest BCUT2D eigenvalue weighted by molar-refractivity contribution is -0.385. The molecule has 0 unspecified atom stereocenters. The number of oxime groups is 1. The number of nitrogens with two attached hydrogens (primary N) is 1. The van der Waals surface area contributed by atoms with Gasteiger partial charge in [-0.25, -0.2) is 4.98 Å². The van der Waals surface area contributed by atoms with Crippen LogP contribution in [0.1, 0.15) is 32.9 Å². The second-order valence-corrected chi connectivity index (χ2v) is 5.42. The summed E-state index contributed by atoms with van der Waals surface area (Å²) in [5, 5.41) is 22.2. The largest absolute Gasteiger partial charge is 0.478 e. The van der Waals surface area contributed by atoms with Crippen LogP contribution in [0.25, 0.3) is 0 Å². The number of nitro groups is 1. The van der Waals surface area contributed by atoms with E-state index in [0.717, 1.165) is 6.42 Å². The normalized spacial score (nSPS) is 12.2. The van der Waals surface area contributed by atoms with Gasteiger partial charge in [-0.3, -0.25) is 10.1 Å². The van der Waals surface area contributed by atoms with Crippen molar-refractivity contribution in [1.29, 1.82) is 0 Å². The molecule has 0 saturated carbocycles. The van der Waals surface area contributed by atoms with Gasteiger partial charge in [0.25, 0.3) is 5.69 Å². The molecule has 1 rings (SSSR count). The molecule has 0 spiro atoms. The van der Waals surface area contributed by atoms with Crippen molar-refractivity contribution >= 4 is 11.5 Å². The van der Waals surface area contributed by atoms with Crippen molar-refractivity contribution in [3.63, 3.8) is 0 Å². The number of ether oxygens (including phenoxy) is 1. The highest BCUT2D eigenvalue weighted by molar-refractivity contribution is 5.98. The van der Waals surface area contributed by atoms with Gasteiger partial charge in [0.15, 0.2) is 11.5 Å². The van der Waals surface area contributed by atoms with Crippen LogP contribution in [0.15, 0.2) is 17.3 Å². The maximum atomic E-state index is 10.8. The predicted octanol–water partition coefficient (Wildman–Crippen LogP) is 1.90. The van der Waals surface area contributed by atoms with E-state index in [1.54, 1.807) is 0 Å². The summed E-state index contributed by atoms with van der Waals surface area (Å²) in [5.74, 6) is -0.237. The molecule has 0 atom stereocenters. The Morgan fingerprint density at radius 1 is 1.55 bits per heavy atom. The van der Waals surface area contributed by atoms with Crippen molar-refractivity contribution in [3.05, 3.63) is 27.9 Å². The monoisotopic (exact) mass is 282 g/mol. The van der Waals surface area contributed by atoms with Gasteiger partial charge < -0.3 is 15.7 Å². The van der Waals surface area contributed by atoms with Crippen LogP contribution in [0, 0.1) is 15.5 Å². The molecule has 3 N–H and O–H groups in total. The van der Waals surface area contributed by atoms with Crippen molar-refractivity contribution in [2.45, 2.75) is 27.2 Å². The summed E-state index contributed by atoms with van der Waals surface area (Å²) < 4.78 is 5.43. The van der Waals surface area contributed by atoms with E-state index in [1.807, 2.05) is 0 Å². The van der Waals surface area contributed by atoms with Crippen molar-refractivity contribution in [2.75, 3.05) is 6.61 Å². The predicted molar refractivity (Wildman–Crippen MR) is 73.0 cm³/mol. The minimum Gasteiger partial charge on any atom is -0.478 e. The molecule has 0 aliphatic carbocycles. The SMILES string of the molecule is CC(C)(C)CCOc1ccc([N+](=O)[O-])c(/C(N)=N/O)n1. The topological polar surface area (TPSA) is 124 Å². The van der Waals surface area contributed by atoms with Crippen molar-refractivity contribution in [3.8, 4) is 5.88 Å². The Balaban J connectivity index is 2.93. The molecule has 20 heavy (non-hydrogen) atoms. The number of amidine groups is 1. The standard InChI is InChI=1S/C12H18N4O4/c1-12(2,3)6-7-20-9-5-4-8(16(18)19)10(14-9)11(13)15-17/h4-5,17H,6-7H2,1-3H3,(H2,13,15). The smallest absolute Gasteiger partial charge is 0.299 e. The maximum absolute atomic E-state index is 10.8. The van der Waals surface area contributed by atoms with E-state index < -0.39 is 10.8 Å². The summed E-state index contributed by atoms with van der Waals surface area (Å²) in [6, 6.07) is 2.60. The van der Waals surface area contributed by atoms with E-state index in [1.165, 1.54) is 12.1 Å². The first-order valence-corrected chi connectivity index (χ1v) is 6.01. The third kappa shape index (κ3) is 4.38. The molecule has 0 radical (unpaired) electrons. The molecule has 0 aliphatic rings. The summed E-state index contributed by atoms with van der Waals surface area (Å²) >= 11 is 0. The van der Waals surface area contributed by atoms with Crippen LogP contribution in [-0.4, -0.2) is 27.6 Å². The van der Waals surface area contributed by atoms with Gasteiger partial charge in [-0.05, 0) is 11.8 Å². The zero-order valence-electron chi connectivity index (χ0n) is 11.7. The average Bonchev–Trinajstić information content (AvgIpc) is 2.36. The van der Waals surface area contributed by atoms with Crippen LogP contribution in [0.3, 0.4) is 0 Å². The molecule has 8 heteroatoms. The van der Waals surface area contributed by atoms with Crippen molar-refractivity contribution in [1.82, 2.24) is 4.98 Å². The molecule has 0 bridgehead atoms. The van der Waals surface area contributed by atoms with Crippen LogP contribution in [-0.2, 0) is 0 Å². The van der Waals surface area contributed by atoms with Crippen LogP contribution in [0.5, 0.6) is 5.88 Å². The van der Waals surface area contributed by atoms with Gasteiger partial charge in [-0.1, -0.05) is 25.9 Å². The number of hydrogen-bond donors (Lipinski definition) is 2. The number of nitrogens with zero attached hydrogens (tertiary/aromatic N) is 3. The van der Waals surface area contributed by atoms with Crippen molar-refractivity contribution < 1.29 is 14.9 Å². The van der Waals surface area contributed by atoms with E-state index in [-0.39, 0.29) is 22.7 Å². The quantitative estimate of drug-likeness (QED) is 0.279. The fourth-order valence-corrected chi connectivity index (χ4v) is 1.36. The first-order valence-electron chi connectivity index (χ1n) is 6.01. The van der Waals surface area contributed by atoms with Crippen molar-refractivity contribution in [2.24, 2.45) is 16.3 Å². The lowest BCUT2D eigenvalue weighted by atomic mass is 9.93. The second-order valence-electron chi connectivity index (χ2n) is 5.42. The number of rotatable bonds is 5. The first kappa shape index (κ1) is 15.7. The molecule has 0 aliphatic heterocycles. The van der Waals surface area contributed by atoms with Gasteiger partial charge in [-0.15, -0.1) is 0 Å². The summed E-state index contributed by atoms with van der Waals surface area (Å²) in [7, 11) is 0. The van der Waals surface area contributed by atoms with Crippen LogP contribution in [0.2, 0.25) is 0 Å². The van der Waals surface area contributed by atoms with E-state index in [9.17, 15) is 10.1 Å². The highest BCUT2D eigenvalue weighted by atomic mass is 16.6. The second kappa shape index (κ2) is 6.18. The van der Waals surface area contributed by atoms with Crippen LogP contribution < -0.4 is 10.5 Å². The summed E-state index contributed by atoms with van der Waals surface area (Å²) in [6.45, 7) is 6.63. The molecule has 0 fully saturated rings. The Kier molecular flexibility index (Phi) is 4.84. The lowest BCUT2D eigenvalue weighted by Crippen LogP contribution is -2.18. The summed E-state index contributed by atoms with van der Waals surface area (Å²) in [6.07, 6.45) is 0.796. The molecule has 0 aromatic carbocycles. The summed E-state index contributed by atoms with van der Waals surface area (Å²) in [4.78, 5) is 14.1. The Morgan fingerprint density at radius 2 is 2.20 bits per heavy atom. The molecule has 0 amide bonds. The lowest BCUT2D eigenvalue weighted by Gasteiger charge is -2.17. The van der Waals surface area contributed by atoms with Crippen LogP contribution in [0.4, 0.5) is 5.69 Å². The van der Waals surface area contributed by atoms with Gasteiger partial charge >= 0.3 is 0 Å². The van der Waals surface area contributed by atoms with Gasteiger partial charge in [-0.2, -0.15) is 0 Å². The van der Waals surface area contributed by atoms with E-state index in [4.69, 9.17) is 15.7 Å². The molecule has 1 heterocycles. The van der Waals surface area contributed by atoms with Gasteiger partial charge in [0.1, 0.15) is 0 Å². The average molecular weight is 282 g/mol. The third-order valence-electron chi connectivity index (χ3n) is 2.50. The van der Waals surface area contributed by atoms with E-state index >= 15 is 0 Å². The number of hydrogen-bond acceptors (Lipinski definition) is 6. The molecule has 1 aromatic rings. The fourth-order valence-electron chi connectivity index (χ4n) is 1.36. The third-order valence-corrected chi connectivity index (χ3v) is 2.50. The highest BCUT2D eigenvalue weighted by Crippen LogP contribution is 2.22. The molecular weight excluding hydrogens is 264 g/mol. The van der Waals surface area contributed by atoms with Gasteiger partial charge in [0.2, 0.25) is 5.88 Å². The van der Waals surface area contributed by atoms with E-state index in [0.29, 0.717) is 6.61 Å². The molecule has 1 aromatic heterocycles. The minimum atomic E-state index is -0.653. The summed E-state index contributed by atoms with van der Waals surface area (Å²) in [5.41, 5.74) is 4.92. The number of pyridine rings is 1. The fraction of sp³-hybridized carbons (Fsp3) is 0.500. The molecular formula is C12H18N4O4. The minimum absolute atomic E-state index is 0.106. The first-order chi connectivity index (χ1) is 9.24. The Morgan fingerprint density at radius 3 is 2.70 bits per heavy atom. The highest BCUT2D eigenvalue weighted by Gasteiger charge is 2.20. The van der Waals surface area contributed by atoms with Gasteiger partial charge in [0, 0.05) is 12.1 Å². The van der Waals surface area contributed by atoms with Gasteiger partial charge in [0.05, 0.1) is 11.5 Å². The Bertz CT molecular complexity index is 523. The maximum Gasteiger partial charge on any atom is 0.299 e. The zero-order chi connectivity index (χ0) is 15.3.